The van der Waals surface area contributed by atoms with Crippen LogP contribution in [0.4, 0.5) is 4.79 Å². The fourth-order valence-electron chi connectivity index (χ4n) is 1.86. The van der Waals surface area contributed by atoms with Crippen molar-refractivity contribution in [2.75, 3.05) is 7.11 Å². The van der Waals surface area contributed by atoms with Crippen molar-refractivity contribution < 1.29 is 18.7 Å². The van der Waals surface area contributed by atoms with E-state index in [1.165, 1.54) is 0 Å². The highest BCUT2D eigenvalue weighted by Gasteiger charge is 2.16. The molecule has 1 heterocycles. The van der Waals surface area contributed by atoms with Crippen molar-refractivity contribution in [1.29, 1.82) is 0 Å². The van der Waals surface area contributed by atoms with Crippen LogP contribution in [0.3, 0.4) is 0 Å². The van der Waals surface area contributed by atoms with Gasteiger partial charge in [-0.05, 0) is 39.8 Å². The fourth-order valence-corrected chi connectivity index (χ4v) is 1.86. The van der Waals surface area contributed by atoms with Gasteiger partial charge in [-0.2, -0.15) is 5.10 Å². The van der Waals surface area contributed by atoms with Crippen molar-refractivity contribution in [3.05, 3.63) is 30.0 Å². The van der Waals surface area contributed by atoms with Crippen molar-refractivity contribution in [2.45, 2.75) is 33.3 Å². The van der Waals surface area contributed by atoms with Crippen LogP contribution in [0.5, 0.6) is 5.75 Å². The molecule has 1 aromatic heterocycles. The number of amides is 1. The molecule has 0 aliphatic carbocycles. The molecule has 0 spiro atoms. The van der Waals surface area contributed by atoms with Gasteiger partial charge >= 0.3 is 6.09 Å². The molecule has 118 valence electrons. The first-order chi connectivity index (χ1) is 10.3. The Hall–Kier alpha value is -2.50. The summed E-state index contributed by atoms with van der Waals surface area (Å²) in [7, 11) is 1.59. The lowest BCUT2D eigenvalue weighted by Gasteiger charge is -2.18. The van der Waals surface area contributed by atoms with E-state index in [0.717, 1.165) is 5.39 Å². The number of benzene rings is 1. The molecule has 2 rings (SSSR count). The number of furan rings is 1. The summed E-state index contributed by atoms with van der Waals surface area (Å²) in [4.78, 5) is 11.6. The Labute approximate surface area is 129 Å². The number of methoxy groups -OCH3 is 1. The molecule has 0 aliphatic heterocycles. The standard InChI is InChI=1S/C16H20N2O4/c1-10(17-18-15(19)22-16(2,3)4)13-9-11-7-6-8-12(20-5)14(11)21-13/h6-9H,1-5H3,(H,18,19)/b17-10-. The number of hydrazone groups is 1. The molecule has 6 heteroatoms. The van der Waals surface area contributed by atoms with Crippen LogP contribution in [0.1, 0.15) is 33.5 Å². The van der Waals surface area contributed by atoms with Gasteiger partial charge in [-0.25, -0.2) is 10.2 Å². The number of nitrogens with zero attached hydrogens (tertiary/aromatic N) is 1. The van der Waals surface area contributed by atoms with Crippen LogP contribution in [0.2, 0.25) is 0 Å². The highest BCUT2D eigenvalue weighted by molar-refractivity contribution is 6.00. The van der Waals surface area contributed by atoms with Gasteiger partial charge in [-0.15, -0.1) is 0 Å². The van der Waals surface area contributed by atoms with E-state index in [2.05, 4.69) is 10.5 Å². The monoisotopic (exact) mass is 304 g/mol. The van der Waals surface area contributed by atoms with E-state index in [0.29, 0.717) is 22.8 Å². The molecule has 2 aromatic rings. The summed E-state index contributed by atoms with van der Waals surface area (Å²) in [6.45, 7) is 7.10. The average molecular weight is 304 g/mol. The van der Waals surface area contributed by atoms with Gasteiger partial charge < -0.3 is 13.9 Å². The molecule has 0 aliphatic rings. The summed E-state index contributed by atoms with van der Waals surface area (Å²) in [5.41, 5.74) is 2.95. The van der Waals surface area contributed by atoms with Gasteiger partial charge in [0.15, 0.2) is 17.1 Å². The van der Waals surface area contributed by atoms with E-state index in [1.54, 1.807) is 34.8 Å². The van der Waals surface area contributed by atoms with Crippen LogP contribution in [0.15, 0.2) is 33.8 Å². The van der Waals surface area contributed by atoms with Crippen molar-refractivity contribution >= 4 is 22.8 Å². The molecular formula is C16H20N2O4. The van der Waals surface area contributed by atoms with Crippen LogP contribution in [0.25, 0.3) is 11.0 Å². The number of hydrogen-bond acceptors (Lipinski definition) is 5. The molecule has 0 saturated carbocycles. The van der Waals surface area contributed by atoms with Gasteiger partial charge in [0, 0.05) is 5.39 Å². The Balaban J connectivity index is 2.17. The molecule has 0 bridgehead atoms. The summed E-state index contributed by atoms with van der Waals surface area (Å²) in [5, 5.41) is 4.89. The van der Waals surface area contributed by atoms with Crippen LogP contribution in [-0.4, -0.2) is 24.5 Å². The second kappa shape index (κ2) is 6.09. The van der Waals surface area contributed by atoms with Crippen molar-refractivity contribution in [3.8, 4) is 5.75 Å². The third kappa shape index (κ3) is 3.78. The molecule has 0 saturated heterocycles. The molecule has 0 radical (unpaired) electrons. The quantitative estimate of drug-likeness (QED) is 0.693. The van der Waals surface area contributed by atoms with Crippen LogP contribution < -0.4 is 10.2 Å². The Morgan fingerprint density at radius 2 is 2.05 bits per heavy atom. The van der Waals surface area contributed by atoms with Crippen molar-refractivity contribution in [3.63, 3.8) is 0 Å². The van der Waals surface area contributed by atoms with Crippen LogP contribution >= 0.6 is 0 Å². The average Bonchev–Trinajstić information content (AvgIpc) is 2.86. The van der Waals surface area contributed by atoms with Crippen LogP contribution in [-0.2, 0) is 4.74 Å². The summed E-state index contributed by atoms with van der Waals surface area (Å²) >= 11 is 0. The Bertz CT molecular complexity index is 710. The highest BCUT2D eigenvalue weighted by atomic mass is 16.6. The van der Waals surface area contributed by atoms with Crippen molar-refractivity contribution in [2.24, 2.45) is 5.10 Å². The molecule has 0 fully saturated rings. The number of carbonyl (C=O) groups excluding carboxylic acids is 1. The molecule has 6 nitrogen and oxygen atoms in total. The largest absolute Gasteiger partial charge is 0.493 e. The number of fused-ring (bicyclic) bond motifs is 1. The van der Waals surface area contributed by atoms with E-state index in [9.17, 15) is 4.79 Å². The summed E-state index contributed by atoms with van der Waals surface area (Å²) in [6, 6.07) is 7.46. The Morgan fingerprint density at radius 3 is 2.68 bits per heavy atom. The third-order valence-electron chi connectivity index (χ3n) is 2.80. The van der Waals surface area contributed by atoms with E-state index < -0.39 is 11.7 Å². The van der Waals surface area contributed by atoms with E-state index in [4.69, 9.17) is 13.9 Å². The molecule has 22 heavy (non-hydrogen) atoms. The van der Waals surface area contributed by atoms with Gasteiger partial charge in [0.1, 0.15) is 11.3 Å². The summed E-state index contributed by atoms with van der Waals surface area (Å²) in [6.07, 6.45) is -0.611. The van der Waals surface area contributed by atoms with E-state index in [-0.39, 0.29) is 0 Å². The number of hydrogen-bond donors (Lipinski definition) is 1. The normalized spacial score (nSPS) is 12.3. The lowest BCUT2D eigenvalue weighted by Crippen LogP contribution is -2.30. The smallest absolute Gasteiger partial charge is 0.428 e. The number of carbonyl (C=O) groups is 1. The predicted octanol–water partition coefficient (Wildman–Crippen LogP) is 3.69. The fraction of sp³-hybridized carbons (Fsp3) is 0.375. The van der Waals surface area contributed by atoms with Gasteiger partial charge in [0.05, 0.1) is 7.11 Å². The molecule has 0 unspecified atom stereocenters. The van der Waals surface area contributed by atoms with Gasteiger partial charge in [0.25, 0.3) is 0 Å². The van der Waals surface area contributed by atoms with E-state index >= 15 is 0 Å². The second-order valence-corrected chi connectivity index (χ2v) is 5.80. The maximum Gasteiger partial charge on any atom is 0.428 e. The maximum atomic E-state index is 11.6. The lowest BCUT2D eigenvalue weighted by molar-refractivity contribution is 0.0529. The molecule has 1 aromatic carbocycles. The SMILES string of the molecule is COc1cccc2cc(/C(C)=N\NC(=O)OC(C)(C)C)oc12. The first-order valence-corrected chi connectivity index (χ1v) is 6.90. The third-order valence-corrected chi connectivity index (χ3v) is 2.80. The molecule has 1 amide bonds. The molecular weight excluding hydrogens is 284 g/mol. The number of ether oxygens (including phenoxy) is 2. The zero-order valence-corrected chi connectivity index (χ0v) is 13.4. The van der Waals surface area contributed by atoms with Crippen LogP contribution in [0, 0.1) is 0 Å². The lowest BCUT2D eigenvalue weighted by atomic mass is 10.2. The second-order valence-electron chi connectivity index (χ2n) is 5.80. The minimum atomic E-state index is -0.611. The van der Waals surface area contributed by atoms with Gasteiger partial charge in [-0.1, -0.05) is 12.1 Å². The van der Waals surface area contributed by atoms with Gasteiger partial charge in [0.2, 0.25) is 0 Å². The first-order valence-electron chi connectivity index (χ1n) is 6.90. The minimum Gasteiger partial charge on any atom is -0.493 e. The van der Waals surface area contributed by atoms with Gasteiger partial charge in [-0.3, -0.25) is 0 Å². The Morgan fingerprint density at radius 1 is 1.32 bits per heavy atom. The Kier molecular flexibility index (Phi) is 4.40. The number of rotatable bonds is 3. The first kappa shape index (κ1) is 15.9. The number of para-hydroxylation sites is 1. The highest BCUT2D eigenvalue weighted by Crippen LogP contribution is 2.28. The topological polar surface area (TPSA) is 73.1 Å². The molecule has 1 N–H and O–H groups in total. The zero-order valence-electron chi connectivity index (χ0n) is 13.4. The van der Waals surface area contributed by atoms with Crippen molar-refractivity contribution in [1.82, 2.24) is 5.43 Å². The zero-order chi connectivity index (χ0) is 16.3. The maximum absolute atomic E-state index is 11.6. The summed E-state index contributed by atoms with van der Waals surface area (Å²) in [5.74, 6) is 1.20. The van der Waals surface area contributed by atoms with E-state index in [1.807, 2.05) is 24.3 Å². The predicted molar refractivity (Wildman–Crippen MR) is 84.3 cm³/mol. The number of nitrogens with one attached hydrogen (secondary N) is 1. The summed E-state index contributed by atoms with van der Waals surface area (Å²) < 4.78 is 16.1. The molecule has 0 atom stereocenters. The minimum absolute atomic E-state index is 0.532.